The van der Waals surface area contributed by atoms with E-state index in [2.05, 4.69) is 18.7 Å². The molecule has 34 heavy (non-hydrogen) atoms. The highest BCUT2D eigenvalue weighted by Crippen LogP contribution is 2.34. The van der Waals surface area contributed by atoms with Crippen LogP contribution in [-0.4, -0.2) is 44.1 Å². The van der Waals surface area contributed by atoms with Crippen LogP contribution in [0.4, 0.5) is 5.82 Å². The lowest BCUT2D eigenvalue weighted by atomic mass is 9.99. The van der Waals surface area contributed by atoms with E-state index >= 15 is 0 Å². The minimum Gasteiger partial charge on any atom is -0.356 e. The summed E-state index contributed by atoms with van der Waals surface area (Å²) in [6, 6.07) is 3.85. The number of aromatic nitrogens is 2. The van der Waals surface area contributed by atoms with E-state index in [0.29, 0.717) is 38.7 Å². The first kappa shape index (κ1) is 24.9. The predicted molar refractivity (Wildman–Crippen MR) is 145 cm³/mol. The predicted octanol–water partition coefficient (Wildman–Crippen LogP) is 5.41. The van der Waals surface area contributed by atoms with E-state index in [9.17, 15) is 9.59 Å². The molecule has 0 aromatic carbocycles. The second-order valence-corrected chi connectivity index (χ2v) is 11.2. The molecule has 2 aliphatic heterocycles. The van der Waals surface area contributed by atoms with Gasteiger partial charge in [0.15, 0.2) is 0 Å². The Labute approximate surface area is 211 Å². The summed E-state index contributed by atoms with van der Waals surface area (Å²) in [6.45, 7) is 8.76. The van der Waals surface area contributed by atoms with Crippen molar-refractivity contribution >= 4 is 51.7 Å². The van der Waals surface area contributed by atoms with E-state index in [1.54, 1.807) is 15.4 Å². The number of nitrogens with zero attached hydrogens (tertiary/aromatic N) is 4. The molecular weight excluding hydrogens is 464 g/mol. The fourth-order valence-corrected chi connectivity index (χ4v) is 5.82. The second-order valence-electron chi connectivity index (χ2n) is 9.51. The topological polar surface area (TPSA) is 57.9 Å². The van der Waals surface area contributed by atoms with Gasteiger partial charge in [0.05, 0.1) is 10.5 Å². The average Bonchev–Trinajstić information content (AvgIpc) is 3.09. The number of hydrogen-bond donors (Lipinski definition) is 0. The molecule has 6 nitrogen and oxygen atoms in total. The third-order valence-corrected chi connectivity index (χ3v) is 8.08. The van der Waals surface area contributed by atoms with Crippen LogP contribution in [0.1, 0.15) is 69.9 Å². The molecule has 1 amide bonds. The maximum atomic E-state index is 13.6. The number of hydrogen-bond acceptors (Lipinski definition) is 6. The van der Waals surface area contributed by atoms with Gasteiger partial charge in [-0.25, -0.2) is 4.98 Å². The lowest BCUT2D eigenvalue weighted by Gasteiger charge is -2.32. The summed E-state index contributed by atoms with van der Waals surface area (Å²) in [5.41, 5.74) is 1.94. The summed E-state index contributed by atoms with van der Waals surface area (Å²) in [5, 5.41) is 0. The van der Waals surface area contributed by atoms with Crippen LogP contribution >= 0.6 is 24.0 Å². The largest absolute Gasteiger partial charge is 0.356 e. The quantitative estimate of drug-likeness (QED) is 0.276. The maximum Gasteiger partial charge on any atom is 0.267 e. The summed E-state index contributed by atoms with van der Waals surface area (Å²) in [6.07, 6.45) is 11.3. The van der Waals surface area contributed by atoms with Crippen LogP contribution in [0.3, 0.4) is 0 Å². The van der Waals surface area contributed by atoms with Gasteiger partial charge in [0.1, 0.15) is 15.8 Å². The van der Waals surface area contributed by atoms with Crippen molar-refractivity contribution in [2.75, 3.05) is 24.5 Å². The zero-order chi connectivity index (χ0) is 24.2. The van der Waals surface area contributed by atoms with Crippen LogP contribution in [0.2, 0.25) is 0 Å². The number of amides is 1. The Morgan fingerprint density at radius 3 is 2.62 bits per heavy atom. The zero-order valence-electron chi connectivity index (χ0n) is 20.4. The molecule has 2 aromatic rings. The van der Waals surface area contributed by atoms with Gasteiger partial charge < -0.3 is 4.90 Å². The molecule has 2 aromatic heterocycles. The molecule has 0 spiro atoms. The number of carbonyl (C=O) groups excluding carboxylic acids is 1. The molecule has 4 rings (SSSR count). The molecule has 2 fully saturated rings. The van der Waals surface area contributed by atoms with Crippen LogP contribution in [0.5, 0.6) is 0 Å². The van der Waals surface area contributed by atoms with Gasteiger partial charge in [-0.15, -0.1) is 0 Å². The Bertz CT molecular complexity index is 1170. The standard InChI is InChI=1S/C26H34N4O2S2/c1-4-5-6-7-8-13-29-25(32)21(34-26(29)33)16-20-23(28-14-11-18(2)12-15-28)27-22-10-9-19(3)17-30(22)24(20)31/h9-10,16-18H,4-8,11-15H2,1-3H3/b21-16+. The molecule has 0 saturated carbocycles. The SMILES string of the molecule is CCCCCCCN1C(=O)/C(=C\c2c(N3CCC(C)CC3)nc3ccc(C)cn3c2=O)SC1=S. The zero-order valence-corrected chi connectivity index (χ0v) is 22.0. The van der Waals surface area contributed by atoms with Gasteiger partial charge in [-0.05, 0) is 49.8 Å². The Balaban J connectivity index is 1.68. The van der Waals surface area contributed by atoms with Crippen molar-refractivity contribution in [1.29, 1.82) is 0 Å². The first-order chi connectivity index (χ1) is 16.4. The fourth-order valence-electron chi connectivity index (χ4n) is 4.53. The van der Waals surface area contributed by atoms with Crippen molar-refractivity contribution in [2.45, 2.75) is 65.7 Å². The number of carbonyl (C=O) groups is 1. The number of pyridine rings is 1. The molecule has 0 bridgehead atoms. The van der Waals surface area contributed by atoms with Crippen LogP contribution in [0.25, 0.3) is 11.7 Å². The summed E-state index contributed by atoms with van der Waals surface area (Å²) in [5.74, 6) is 1.24. The Morgan fingerprint density at radius 2 is 1.88 bits per heavy atom. The summed E-state index contributed by atoms with van der Waals surface area (Å²) < 4.78 is 2.16. The van der Waals surface area contributed by atoms with Crippen LogP contribution < -0.4 is 10.5 Å². The molecule has 0 unspecified atom stereocenters. The first-order valence-corrected chi connectivity index (χ1v) is 13.6. The molecule has 2 saturated heterocycles. The highest BCUT2D eigenvalue weighted by atomic mass is 32.2. The van der Waals surface area contributed by atoms with Gasteiger partial charge in [0, 0.05) is 25.8 Å². The molecule has 2 aliphatic rings. The third kappa shape index (κ3) is 5.38. The Morgan fingerprint density at radius 1 is 1.15 bits per heavy atom. The number of piperidine rings is 1. The number of thioether (sulfide) groups is 1. The van der Waals surface area contributed by atoms with Gasteiger partial charge in [0.2, 0.25) is 0 Å². The number of rotatable bonds is 8. The van der Waals surface area contributed by atoms with E-state index in [1.165, 1.54) is 31.0 Å². The Hall–Kier alpha value is -2.19. The number of thiocarbonyl (C=S) groups is 1. The molecule has 182 valence electrons. The smallest absolute Gasteiger partial charge is 0.267 e. The van der Waals surface area contributed by atoms with Crippen molar-refractivity contribution in [3.05, 3.63) is 44.7 Å². The molecule has 4 heterocycles. The highest BCUT2D eigenvalue weighted by molar-refractivity contribution is 8.26. The minimum atomic E-state index is -0.146. The van der Waals surface area contributed by atoms with Crippen molar-refractivity contribution in [3.8, 4) is 0 Å². The van der Waals surface area contributed by atoms with Gasteiger partial charge in [0.25, 0.3) is 11.5 Å². The van der Waals surface area contributed by atoms with Gasteiger partial charge in [-0.2, -0.15) is 0 Å². The molecule has 0 aliphatic carbocycles. The monoisotopic (exact) mass is 498 g/mol. The van der Waals surface area contributed by atoms with Crippen molar-refractivity contribution in [2.24, 2.45) is 5.92 Å². The summed E-state index contributed by atoms with van der Waals surface area (Å²) in [4.78, 5) is 36.1. The lowest BCUT2D eigenvalue weighted by molar-refractivity contribution is -0.122. The normalized spacial score (nSPS) is 18.6. The minimum absolute atomic E-state index is 0.0996. The van der Waals surface area contributed by atoms with Crippen molar-refractivity contribution in [1.82, 2.24) is 14.3 Å². The number of anilines is 1. The average molecular weight is 499 g/mol. The number of aryl methyl sites for hydroxylation is 1. The van der Waals surface area contributed by atoms with Crippen molar-refractivity contribution in [3.63, 3.8) is 0 Å². The van der Waals surface area contributed by atoms with E-state index in [4.69, 9.17) is 17.2 Å². The lowest BCUT2D eigenvalue weighted by Crippen LogP contribution is -2.36. The van der Waals surface area contributed by atoms with Crippen LogP contribution in [0, 0.1) is 12.8 Å². The van der Waals surface area contributed by atoms with Gasteiger partial charge in [-0.3, -0.25) is 18.9 Å². The van der Waals surface area contributed by atoms with Gasteiger partial charge in [-0.1, -0.05) is 69.6 Å². The van der Waals surface area contributed by atoms with Crippen LogP contribution in [0.15, 0.2) is 28.0 Å². The van der Waals surface area contributed by atoms with Gasteiger partial charge >= 0.3 is 0 Å². The Kier molecular flexibility index (Phi) is 8.09. The number of unbranched alkanes of at least 4 members (excludes halogenated alkanes) is 4. The van der Waals surface area contributed by atoms with E-state index < -0.39 is 0 Å². The second kappa shape index (κ2) is 11.0. The van der Waals surface area contributed by atoms with E-state index in [-0.39, 0.29) is 11.5 Å². The van der Waals surface area contributed by atoms with E-state index in [0.717, 1.165) is 44.3 Å². The first-order valence-electron chi connectivity index (χ1n) is 12.4. The van der Waals surface area contributed by atoms with E-state index in [1.807, 2.05) is 25.3 Å². The highest BCUT2D eigenvalue weighted by Gasteiger charge is 2.32. The summed E-state index contributed by atoms with van der Waals surface area (Å²) >= 11 is 6.82. The molecule has 8 heteroatoms. The van der Waals surface area contributed by atoms with Crippen molar-refractivity contribution < 1.29 is 4.79 Å². The molecular formula is C26H34N4O2S2. The number of fused-ring (bicyclic) bond motifs is 1. The summed E-state index contributed by atoms with van der Waals surface area (Å²) in [7, 11) is 0. The molecule has 0 radical (unpaired) electrons. The third-order valence-electron chi connectivity index (χ3n) is 6.70. The molecule has 0 atom stereocenters. The fraction of sp³-hybridized carbons (Fsp3) is 0.538. The van der Waals surface area contributed by atoms with Crippen LogP contribution in [-0.2, 0) is 4.79 Å². The molecule has 0 N–H and O–H groups in total. The maximum absolute atomic E-state index is 13.6.